The van der Waals surface area contributed by atoms with Gasteiger partial charge in [-0.3, -0.25) is 0 Å². The molecule has 4 N–H and O–H groups in total. The van der Waals surface area contributed by atoms with Crippen molar-refractivity contribution in [1.29, 1.82) is 0 Å². The lowest BCUT2D eigenvalue weighted by atomic mass is 9.80. The predicted molar refractivity (Wildman–Crippen MR) is 78.4 cm³/mol. The summed E-state index contributed by atoms with van der Waals surface area (Å²) in [5, 5.41) is 17.8. The van der Waals surface area contributed by atoms with Crippen LogP contribution in [0.25, 0.3) is 0 Å². The molecule has 4 nitrogen and oxygen atoms in total. The van der Waals surface area contributed by atoms with Crippen LogP contribution in [0.15, 0.2) is 42.5 Å². The number of ether oxygens (including phenoxy) is 1. The van der Waals surface area contributed by atoms with Crippen molar-refractivity contribution in [3.05, 3.63) is 53.8 Å². The van der Waals surface area contributed by atoms with E-state index in [9.17, 15) is 4.39 Å². The van der Waals surface area contributed by atoms with Crippen LogP contribution in [0.4, 0.5) is 10.1 Å². The lowest BCUT2D eigenvalue weighted by Gasteiger charge is -2.08. The fraction of sp³-hybridized carbons (Fsp3) is 0.143. The van der Waals surface area contributed by atoms with Gasteiger partial charge < -0.3 is 20.5 Å². The van der Waals surface area contributed by atoms with Crippen LogP contribution in [0.5, 0.6) is 5.75 Å². The van der Waals surface area contributed by atoms with E-state index in [1.54, 1.807) is 0 Å². The van der Waals surface area contributed by atoms with Gasteiger partial charge in [-0.15, -0.1) is 0 Å². The van der Waals surface area contributed by atoms with Crippen LogP contribution in [0.2, 0.25) is 0 Å². The Hall–Kier alpha value is -2.05. The zero-order valence-corrected chi connectivity index (χ0v) is 10.8. The average Bonchev–Trinajstić information content (AvgIpc) is 2.41. The van der Waals surface area contributed by atoms with Gasteiger partial charge in [-0.2, -0.15) is 0 Å². The molecule has 2 rings (SSSR count). The Kier molecular flexibility index (Phi) is 4.60. The molecular formula is C14H17BFNO3. The molecule has 2 aromatic carbocycles. The molecular weight excluding hydrogens is 260 g/mol. The molecule has 0 bridgehead atoms. The second-order valence-corrected chi connectivity index (χ2v) is 4.40. The highest BCUT2D eigenvalue weighted by molar-refractivity contribution is 6.58. The molecule has 0 saturated heterocycles. The molecule has 0 atom stereocenters. The standard InChI is InChI=1S/C14H15BFNO3.H2/c16-14-9-12(5-6-13(14)15(18)19)20-8-7-10-1-3-11(17)4-2-10;/h1-6,9,18-19H,7-8,17H2;1H. The van der Waals surface area contributed by atoms with Crippen molar-refractivity contribution >= 4 is 18.3 Å². The van der Waals surface area contributed by atoms with Gasteiger partial charge in [0.05, 0.1) is 6.61 Å². The molecule has 0 radical (unpaired) electrons. The Morgan fingerprint density at radius 2 is 1.85 bits per heavy atom. The topological polar surface area (TPSA) is 75.7 Å². The zero-order valence-electron chi connectivity index (χ0n) is 10.8. The maximum atomic E-state index is 13.5. The molecule has 0 spiro atoms. The molecule has 0 unspecified atom stereocenters. The maximum Gasteiger partial charge on any atom is 0.491 e. The number of hydrogen-bond acceptors (Lipinski definition) is 4. The van der Waals surface area contributed by atoms with Crippen LogP contribution in [-0.2, 0) is 6.42 Å². The number of rotatable bonds is 5. The third kappa shape index (κ3) is 3.72. The molecule has 0 amide bonds. The summed E-state index contributed by atoms with van der Waals surface area (Å²) in [5.74, 6) is -0.354. The minimum absolute atomic E-state index is 0. The first-order valence-corrected chi connectivity index (χ1v) is 6.19. The lowest BCUT2D eigenvalue weighted by Crippen LogP contribution is -2.32. The first-order chi connectivity index (χ1) is 9.56. The van der Waals surface area contributed by atoms with Crippen LogP contribution < -0.4 is 15.9 Å². The van der Waals surface area contributed by atoms with Gasteiger partial charge in [0, 0.05) is 25.1 Å². The second-order valence-electron chi connectivity index (χ2n) is 4.40. The van der Waals surface area contributed by atoms with Gasteiger partial charge in [0.25, 0.3) is 0 Å². The van der Waals surface area contributed by atoms with Crippen LogP contribution in [0.1, 0.15) is 6.99 Å². The van der Waals surface area contributed by atoms with Crippen molar-refractivity contribution in [2.45, 2.75) is 6.42 Å². The summed E-state index contributed by atoms with van der Waals surface area (Å²) >= 11 is 0. The molecule has 0 aliphatic heterocycles. The Labute approximate surface area is 118 Å². The van der Waals surface area contributed by atoms with Crippen molar-refractivity contribution in [3.8, 4) is 5.75 Å². The minimum Gasteiger partial charge on any atom is -0.493 e. The number of anilines is 1. The van der Waals surface area contributed by atoms with Crippen molar-refractivity contribution in [3.63, 3.8) is 0 Å². The SMILES string of the molecule is Nc1ccc(CCOc2ccc(B(O)O)c(F)c2)cc1.[HH]. The molecule has 6 heteroatoms. The molecule has 106 valence electrons. The molecule has 0 saturated carbocycles. The normalized spacial score (nSPS) is 10.3. The second kappa shape index (κ2) is 6.41. The summed E-state index contributed by atoms with van der Waals surface area (Å²) < 4.78 is 18.9. The van der Waals surface area contributed by atoms with E-state index in [1.165, 1.54) is 12.1 Å². The zero-order chi connectivity index (χ0) is 14.5. The number of hydrogen-bond donors (Lipinski definition) is 3. The first-order valence-electron chi connectivity index (χ1n) is 6.19. The molecule has 0 heterocycles. The van der Waals surface area contributed by atoms with E-state index in [0.29, 0.717) is 24.5 Å². The van der Waals surface area contributed by atoms with E-state index in [4.69, 9.17) is 20.5 Å². The quantitative estimate of drug-likeness (QED) is 0.562. The average molecular weight is 277 g/mol. The smallest absolute Gasteiger partial charge is 0.491 e. The molecule has 2 aromatic rings. The minimum atomic E-state index is -1.82. The summed E-state index contributed by atoms with van der Waals surface area (Å²) in [6.45, 7) is 0.393. The maximum absolute atomic E-state index is 13.5. The third-order valence-corrected chi connectivity index (χ3v) is 2.89. The molecule has 0 aliphatic carbocycles. The van der Waals surface area contributed by atoms with Gasteiger partial charge in [0.15, 0.2) is 0 Å². The van der Waals surface area contributed by atoms with Gasteiger partial charge in [-0.1, -0.05) is 18.2 Å². The number of benzene rings is 2. The molecule has 0 aliphatic rings. The van der Waals surface area contributed by atoms with Gasteiger partial charge >= 0.3 is 7.12 Å². The van der Waals surface area contributed by atoms with E-state index >= 15 is 0 Å². The van der Waals surface area contributed by atoms with E-state index in [-0.39, 0.29) is 6.89 Å². The van der Waals surface area contributed by atoms with Gasteiger partial charge in [0.2, 0.25) is 0 Å². The summed E-state index contributed by atoms with van der Waals surface area (Å²) in [6.07, 6.45) is 0.673. The Morgan fingerprint density at radius 3 is 2.45 bits per heavy atom. The van der Waals surface area contributed by atoms with E-state index in [2.05, 4.69) is 0 Å². The Bertz CT molecular complexity index is 581. The van der Waals surface area contributed by atoms with Crippen LogP contribution in [-0.4, -0.2) is 23.8 Å². The third-order valence-electron chi connectivity index (χ3n) is 2.89. The van der Waals surface area contributed by atoms with Gasteiger partial charge in [-0.05, 0) is 23.8 Å². The summed E-state index contributed by atoms with van der Waals surface area (Å²) in [6, 6.07) is 11.4. The fourth-order valence-corrected chi connectivity index (χ4v) is 1.78. The van der Waals surface area contributed by atoms with E-state index in [0.717, 1.165) is 11.6 Å². The van der Waals surface area contributed by atoms with E-state index in [1.807, 2.05) is 24.3 Å². The number of halogens is 1. The number of nitrogens with two attached hydrogens (primary N) is 1. The van der Waals surface area contributed by atoms with Gasteiger partial charge in [-0.25, -0.2) is 4.39 Å². The number of nitrogen functional groups attached to an aromatic ring is 1. The lowest BCUT2D eigenvalue weighted by molar-refractivity contribution is 0.320. The predicted octanol–water partition coefficient (Wildman–Crippen LogP) is 0.955. The summed E-state index contributed by atoms with van der Waals surface area (Å²) in [5.41, 5.74) is 7.19. The van der Waals surface area contributed by atoms with Crippen LogP contribution in [0, 0.1) is 5.82 Å². The van der Waals surface area contributed by atoms with Gasteiger partial charge in [0.1, 0.15) is 11.6 Å². The highest BCUT2D eigenvalue weighted by atomic mass is 19.1. The van der Waals surface area contributed by atoms with Crippen molar-refractivity contribution in [1.82, 2.24) is 0 Å². The summed E-state index contributed by atoms with van der Waals surface area (Å²) in [7, 11) is -1.82. The van der Waals surface area contributed by atoms with Crippen molar-refractivity contribution < 1.29 is 20.6 Å². The molecule has 20 heavy (non-hydrogen) atoms. The Morgan fingerprint density at radius 1 is 1.15 bits per heavy atom. The molecule has 0 fully saturated rings. The van der Waals surface area contributed by atoms with Crippen LogP contribution in [0.3, 0.4) is 0 Å². The largest absolute Gasteiger partial charge is 0.493 e. The molecule has 0 aromatic heterocycles. The van der Waals surface area contributed by atoms with E-state index < -0.39 is 12.9 Å². The first kappa shape index (κ1) is 14.4. The fourth-order valence-electron chi connectivity index (χ4n) is 1.78. The van der Waals surface area contributed by atoms with Crippen molar-refractivity contribution in [2.24, 2.45) is 0 Å². The Balaban J connectivity index is 0.00000220. The van der Waals surface area contributed by atoms with Crippen molar-refractivity contribution in [2.75, 3.05) is 12.3 Å². The highest BCUT2D eigenvalue weighted by Crippen LogP contribution is 2.12. The monoisotopic (exact) mass is 277 g/mol. The van der Waals surface area contributed by atoms with Crippen LogP contribution >= 0.6 is 0 Å². The highest BCUT2D eigenvalue weighted by Gasteiger charge is 2.16. The summed E-state index contributed by atoms with van der Waals surface area (Å²) in [4.78, 5) is 0.